The topological polar surface area (TPSA) is 119 Å². The number of fused-ring (bicyclic) bond motifs is 1. The molecule has 10 nitrogen and oxygen atoms in total. The zero-order chi connectivity index (χ0) is 28.2. The predicted molar refractivity (Wildman–Crippen MR) is 151 cm³/mol. The highest BCUT2D eigenvalue weighted by atomic mass is 19.1. The molecule has 3 aromatic heterocycles. The van der Waals surface area contributed by atoms with Crippen LogP contribution < -0.4 is 4.90 Å². The van der Waals surface area contributed by atoms with E-state index >= 15 is 0 Å². The summed E-state index contributed by atoms with van der Waals surface area (Å²) < 4.78 is 21.6. The first-order valence-electron chi connectivity index (χ1n) is 13.6. The number of rotatable bonds is 7. The van der Waals surface area contributed by atoms with Crippen molar-refractivity contribution in [3.05, 3.63) is 71.2 Å². The third-order valence-corrected chi connectivity index (χ3v) is 7.99. The molecule has 41 heavy (non-hydrogen) atoms. The average Bonchev–Trinajstić information content (AvgIpc) is 3.61. The van der Waals surface area contributed by atoms with Crippen LogP contribution in [0, 0.1) is 17.1 Å². The van der Waals surface area contributed by atoms with Crippen LogP contribution in [0.3, 0.4) is 0 Å². The quantitative estimate of drug-likeness (QED) is 0.350. The number of anilines is 1. The van der Waals surface area contributed by atoms with E-state index in [-0.39, 0.29) is 11.8 Å². The Morgan fingerprint density at radius 3 is 2.71 bits per heavy atom. The summed E-state index contributed by atoms with van der Waals surface area (Å²) in [5.41, 5.74) is 5.61. The summed E-state index contributed by atoms with van der Waals surface area (Å²) >= 11 is 0. The maximum atomic E-state index is 14.5. The van der Waals surface area contributed by atoms with Gasteiger partial charge in [0.05, 0.1) is 23.8 Å². The van der Waals surface area contributed by atoms with E-state index in [1.807, 2.05) is 18.2 Å². The Balaban J connectivity index is 1.24. The Morgan fingerprint density at radius 1 is 1.15 bits per heavy atom. The number of hydrogen-bond acceptors (Lipinski definition) is 8. The number of ether oxygens (including phenoxy) is 1. The van der Waals surface area contributed by atoms with E-state index < -0.39 is 12.0 Å². The van der Waals surface area contributed by atoms with Crippen LogP contribution in [0.4, 0.5) is 15.9 Å². The number of halogens is 1. The minimum Gasteiger partial charge on any atom is -0.379 e. The normalized spacial score (nSPS) is 18.8. The largest absolute Gasteiger partial charge is 0.379 e. The summed E-state index contributed by atoms with van der Waals surface area (Å²) in [5, 5.41) is 20.8. The molecule has 2 N–H and O–H groups in total. The molecule has 208 valence electrons. The Morgan fingerprint density at radius 2 is 1.98 bits per heavy atom. The molecule has 1 saturated heterocycles. The van der Waals surface area contributed by atoms with Gasteiger partial charge in [-0.3, -0.25) is 9.80 Å². The lowest BCUT2D eigenvalue weighted by atomic mass is 9.98. The Hall–Kier alpha value is -4.37. The van der Waals surface area contributed by atoms with E-state index in [0.717, 1.165) is 55.0 Å². The maximum absolute atomic E-state index is 14.5. The van der Waals surface area contributed by atoms with Gasteiger partial charge in [-0.1, -0.05) is 6.07 Å². The molecule has 4 aromatic rings. The van der Waals surface area contributed by atoms with Crippen molar-refractivity contribution in [3.8, 4) is 28.6 Å². The van der Waals surface area contributed by atoms with E-state index in [0.29, 0.717) is 34.5 Å². The number of pyridine rings is 1. The third-order valence-electron chi connectivity index (χ3n) is 7.99. The van der Waals surface area contributed by atoms with Gasteiger partial charge in [-0.15, -0.1) is 0 Å². The van der Waals surface area contributed by atoms with Crippen molar-refractivity contribution in [3.63, 3.8) is 0 Å². The highest BCUT2D eigenvalue weighted by Crippen LogP contribution is 2.43. The fraction of sp³-hybridized carbons (Fsp3) is 0.333. The van der Waals surface area contributed by atoms with E-state index in [4.69, 9.17) is 9.72 Å². The Bertz CT molecular complexity index is 1710. The second-order valence-electron chi connectivity index (χ2n) is 10.9. The number of H-pyrrole nitrogens is 1. The minimum absolute atomic E-state index is 0.258. The minimum atomic E-state index is -1.01. The van der Waals surface area contributed by atoms with Crippen molar-refractivity contribution in [2.75, 3.05) is 25.1 Å². The molecule has 0 spiro atoms. The van der Waals surface area contributed by atoms with Crippen LogP contribution in [0.1, 0.15) is 47.8 Å². The van der Waals surface area contributed by atoms with Crippen molar-refractivity contribution >= 4 is 17.8 Å². The molecular weight excluding hydrogens is 523 g/mol. The number of aryl methyl sites for hydroxylation is 1. The van der Waals surface area contributed by atoms with Gasteiger partial charge in [0.1, 0.15) is 23.5 Å². The summed E-state index contributed by atoms with van der Waals surface area (Å²) in [6, 6.07) is 12.5. The molecule has 2 aliphatic heterocycles. The highest BCUT2D eigenvalue weighted by molar-refractivity contribution is 5.87. The molecule has 1 atom stereocenters. The summed E-state index contributed by atoms with van der Waals surface area (Å²) in [4.78, 5) is 21.3. The molecule has 1 aromatic carbocycles. The van der Waals surface area contributed by atoms with E-state index in [1.54, 1.807) is 42.2 Å². The SMILES string of the molecule is COC1CN(Cc2cc3c([nH]2)C(O)N(c2cc(-c4ccc(F)cc4-c4nc(C#N)cn4C)cc(C4CC4)n2)C=N3)C1. The molecular formula is C30H29FN8O2. The Labute approximate surface area is 236 Å². The standard InChI is InChI=1S/C30H29FN8O2/c1-37-12-21(11-32)35-29(37)24-9-19(31)5-6-23(24)18-7-25(17-3-4-17)36-27(8-18)39-16-33-26-10-20(34-28(26)30(39)40)13-38-14-22(15-38)41-2/h5-10,12,16-17,22,30,34,40H,3-4,13-15H2,1-2H3. The molecule has 1 aliphatic carbocycles. The number of aromatic nitrogens is 4. The first-order valence-corrected chi connectivity index (χ1v) is 13.6. The van der Waals surface area contributed by atoms with Gasteiger partial charge in [0.2, 0.25) is 0 Å². The summed E-state index contributed by atoms with van der Waals surface area (Å²) in [6.07, 6.45) is 4.58. The maximum Gasteiger partial charge on any atom is 0.176 e. The Kier molecular flexibility index (Phi) is 6.19. The average molecular weight is 553 g/mol. The molecule has 1 saturated carbocycles. The van der Waals surface area contributed by atoms with E-state index in [2.05, 4.69) is 25.9 Å². The van der Waals surface area contributed by atoms with Gasteiger partial charge in [-0.05, 0) is 54.3 Å². The highest BCUT2D eigenvalue weighted by Gasteiger charge is 2.32. The third kappa shape index (κ3) is 4.70. The van der Waals surface area contributed by atoms with E-state index in [9.17, 15) is 14.8 Å². The second-order valence-corrected chi connectivity index (χ2v) is 10.9. The van der Waals surface area contributed by atoms with Gasteiger partial charge in [-0.2, -0.15) is 5.26 Å². The van der Waals surface area contributed by atoms with Crippen LogP contribution >= 0.6 is 0 Å². The lowest BCUT2D eigenvalue weighted by molar-refractivity contribution is -0.0338. The number of aromatic amines is 1. The molecule has 5 heterocycles. The molecule has 7 rings (SSSR count). The number of benzene rings is 1. The number of aliphatic hydroxyl groups excluding tert-OH is 1. The number of likely N-dealkylation sites (tertiary alicyclic amines) is 1. The number of nitrogens with one attached hydrogen (secondary N) is 1. The molecule has 11 heteroatoms. The fourth-order valence-electron chi connectivity index (χ4n) is 5.59. The van der Waals surface area contributed by atoms with Crippen LogP contribution in [-0.2, 0) is 18.3 Å². The first kappa shape index (κ1) is 25.6. The number of methoxy groups -OCH3 is 1. The van der Waals surface area contributed by atoms with Crippen LogP contribution in [0.15, 0.2) is 47.6 Å². The van der Waals surface area contributed by atoms with Crippen LogP contribution in [0.5, 0.6) is 0 Å². The van der Waals surface area contributed by atoms with Crippen molar-refractivity contribution in [1.82, 2.24) is 24.4 Å². The van der Waals surface area contributed by atoms with Gasteiger partial charge in [0.25, 0.3) is 0 Å². The number of hydrogen-bond donors (Lipinski definition) is 2. The van der Waals surface area contributed by atoms with E-state index in [1.165, 1.54) is 12.1 Å². The van der Waals surface area contributed by atoms with Gasteiger partial charge in [-0.25, -0.2) is 19.4 Å². The summed E-state index contributed by atoms with van der Waals surface area (Å²) in [5.74, 6) is 0.965. The van der Waals surface area contributed by atoms with Crippen LogP contribution in [0.25, 0.3) is 22.5 Å². The monoisotopic (exact) mass is 552 g/mol. The lowest BCUT2D eigenvalue weighted by Crippen LogP contribution is -2.50. The van der Waals surface area contributed by atoms with Crippen molar-refractivity contribution in [2.24, 2.45) is 12.0 Å². The zero-order valence-electron chi connectivity index (χ0n) is 22.8. The number of nitriles is 1. The number of aliphatic imine (C=N–C) groups is 1. The molecule has 0 amide bonds. The number of nitrogens with zero attached hydrogens (tertiary/aromatic N) is 7. The van der Waals surface area contributed by atoms with Gasteiger partial charge in [0, 0.05) is 62.9 Å². The van der Waals surface area contributed by atoms with Crippen LogP contribution in [-0.4, -0.2) is 62.2 Å². The molecule has 0 bridgehead atoms. The lowest BCUT2D eigenvalue weighted by Gasteiger charge is -2.37. The first-order chi connectivity index (χ1) is 19.9. The molecule has 2 fully saturated rings. The summed E-state index contributed by atoms with van der Waals surface area (Å²) in [6.45, 7) is 2.48. The predicted octanol–water partition coefficient (Wildman–Crippen LogP) is 4.37. The smallest absolute Gasteiger partial charge is 0.176 e. The molecule has 1 unspecified atom stereocenters. The number of imidazole rings is 1. The van der Waals surface area contributed by atoms with Crippen LogP contribution in [0.2, 0.25) is 0 Å². The fourth-order valence-corrected chi connectivity index (χ4v) is 5.59. The zero-order valence-corrected chi connectivity index (χ0v) is 22.8. The molecule has 3 aliphatic rings. The van der Waals surface area contributed by atoms with Gasteiger partial charge in [0.15, 0.2) is 11.9 Å². The second kappa shape index (κ2) is 9.92. The molecule has 0 radical (unpaired) electrons. The van der Waals surface area contributed by atoms with Gasteiger partial charge < -0.3 is 19.4 Å². The summed E-state index contributed by atoms with van der Waals surface area (Å²) in [7, 11) is 3.51. The van der Waals surface area contributed by atoms with Crippen molar-refractivity contribution < 1.29 is 14.2 Å². The van der Waals surface area contributed by atoms with Crippen molar-refractivity contribution in [1.29, 1.82) is 5.26 Å². The number of aliphatic hydroxyl groups is 1. The van der Waals surface area contributed by atoms with Gasteiger partial charge >= 0.3 is 0 Å². The van der Waals surface area contributed by atoms with Crippen molar-refractivity contribution in [2.45, 2.75) is 37.6 Å².